The topological polar surface area (TPSA) is 67.4 Å². The van der Waals surface area contributed by atoms with Crippen LogP contribution in [0.2, 0.25) is 0 Å². The van der Waals surface area contributed by atoms with Gasteiger partial charge >= 0.3 is 0 Å². The number of aromatic nitrogens is 6. The van der Waals surface area contributed by atoms with E-state index in [9.17, 15) is 0 Å². The highest BCUT2D eigenvalue weighted by Gasteiger charge is 2.26. The molecule has 0 amide bonds. The molecule has 5 rings (SSSR count). The van der Waals surface area contributed by atoms with E-state index in [-0.39, 0.29) is 0 Å². The fourth-order valence-electron chi connectivity index (χ4n) is 4.29. The van der Waals surface area contributed by atoms with E-state index in [1.54, 1.807) is 0 Å². The maximum Gasteiger partial charge on any atom is 0.178 e. The van der Waals surface area contributed by atoms with Crippen LogP contribution in [0.5, 0.6) is 0 Å². The van der Waals surface area contributed by atoms with Crippen LogP contribution in [0.15, 0.2) is 24.7 Å². The number of aryl methyl sites for hydroxylation is 1. The molecule has 5 heterocycles. The summed E-state index contributed by atoms with van der Waals surface area (Å²) in [5, 5.41) is 13.7. The summed E-state index contributed by atoms with van der Waals surface area (Å²) in [6, 6.07) is 4.13. The van der Waals surface area contributed by atoms with Crippen LogP contribution in [0.3, 0.4) is 0 Å². The van der Waals surface area contributed by atoms with E-state index >= 15 is 0 Å². The maximum absolute atomic E-state index is 4.87. The van der Waals surface area contributed by atoms with Gasteiger partial charge in [0.15, 0.2) is 11.5 Å². The molecule has 142 valence electrons. The Hall–Kier alpha value is -2.48. The van der Waals surface area contributed by atoms with Gasteiger partial charge in [0.05, 0.1) is 12.0 Å². The van der Waals surface area contributed by atoms with Crippen molar-refractivity contribution in [2.75, 3.05) is 31.1 Å². The third kappa shape index (κ3) is 3.29. The number of rotatable bonds is 4. The van der Waals surface area contributed by atoms with Gasteiger partial charge in [0.1, 0.15) is 5.82 Å². The molecule has 27 heavy (non-hydrogen) atoms. The fraction of sp³-hybridized carbons (Fsp3) is 0.579. The van der Waals surface area contributed by atoms with Crippen LogP contribution >= 0.6 is 0 Å². The Balaban J connectivity index is 1.30. The van der Waals surface area contributed by atoms with Crippen LogP contribution in [0.1, 0.15) is 43.1 Å². The molecule has 0 aromatic carbocycles. The first-order chi connectivity index (χ1) is 13.3. The summed E-state index contributed by atoms with van der Waals surface area (Å²) in [4.78, 5) is 9.28. The Morgan fingerprint density at radius 3 is 2.59 bits per heavy atom. The minimum Gasteiger partial charge on any atom is -0.355 e. The minimum atomic E-state index is 0.418. The van der Waals surface area contributed by atoms with Crippen LogP contribution in [0.4, 0.5) is 5.82 Å². The van der Waals surface area contributed by atoms with Gasteiger partial charge in [-0.05, 0) is 50.9 Å². The standard InChI is InChI=1S/C19H26N8/c1-24-12-16(20-14-24)13-25-10-6-15(7-11-25)19-22-21-17-4-5-18(23-27(17)19)26-8-2-3-9-26/h4-5,12,14-15H,2-3,6-11,13H2,1H3. The lowest BCUT2D eigenvalue weighted by atomic mass is 9.96. The molecule has 0 bridgehead atoms. The molecular weight excluding hydrogens is 340 g/mol. The first-order valence-corrected chi connectivity index (χ1v) is 9.93. The predicted molar refractivity (Wildman–Crippen MR) is 103 cm³/mol. The molecule has 3 aromatic rings. The van der Waals surface area contributed by atoms with Gasteiger partial charge in [-0.25, -0.2) is 4.98 Å². The zero-order chi connectivity index (χ0) is 18.2. The van der Waals surface area contributed by atoms with Gasteiger partial charge in [-0.3, -0.25) is 4.90 Å². The van der Waals surface area contributed by atoms with Gasteiger partial charge in [0, 0.05) is 38.8 Å². The van der Waals surface area contributed by atoms with Gasteiger partial charge in [0.25, 0.3) is 0 Å². The molecule has 2 aliphatic heterocycles. The number of hydrogen-bond acceptors (Lipinski definition) is 6. The summed E-state index contributed by atoms with van der Waals surface area (Å²) < 4.78 is 3.99. The Kier molecular flexibility index (Phi) is 4.27. The second kappa shape index (κ2) is 6.92. The molecule has 0 atom stereocenters. The molecule has 8 nitrogen and oxygen atoms in total. The van der Waals surface area contributed by atoms with Crippen LogP contribution in [-0.2, 0) is 13.6 Å². The molecule has 0 saturated carbocycles. The number of imidazole rings is 1. The molecular formula is C19H26N8. The number of fused-ring (bicyclic) bond motifs is 1. The van der Waals surface area contributed by atoms with E-state index < -0.39 is 0 Å². The highest BCUT2D eigenvalue weighted by Crippen LogP contribution is 2.28. The quantitative estimate of drug-likeness (QED) is 0.702. The smallest absolute Gasteiger partial charge is 0.178 e. The SMILES string of the molecule is Cn1cnc(CN2CCC(c3nnc4ccc(N5CCCC5)nn34)CC2)c1. The predicted octanol–water partition coefficient (Wildman–Crippen LogP) is 1.84. The van der Waals surface area contributed by atoms with E-state index in [2.05, 4.69) is 37.2 Å². The number of likely N-dealkylation sites (tertiary alicyclic amines) is 1. The lowest BCUT2D eigenvalue weighted by molar-refractivity contribution is 0.199. The van der Waals surface area contributed by atoms with Gasteiger partial charge in [-0.15, -0.1) is 15.3 Å². The van der Waals surface area contributed by atoms with Crippen molar-refractivity contribution in [3.05, 3.63) is 36.2 Å². The van der Waals surface area contributed by atoms with Crippen molar-refractivity contribution in [1.29, 1.82) is 0 Å². The molecule has 2 saturated heterocycles. The summed E-state index contributed by atoms with van der Waals surface area (Å²) in [6.07, 6.45) is 8.65. The zero-order valence-electron chi connectivity index (χ0n) is 15.8. The average molecular weight is 366 g/mol. The van der Waals surface area contributed by atoms with Crippen LogP contribution in [0, 0.1) is 0 Å². The van der Waals surface area contributed by atoms with Crippen molar-refractivity contribution in [3.63, 3.8) is 0 Å². The molecule has 8 heteroatoms. The molecule has 0 aliphatic carbocycles. The van der Waals surface area contributed by atoms with Crippen LogP contribution in [0.25, 0.3) is 5.65 Å². The van der Waals surface area contributed by atoms with Crippen molar-refractivity contribution in [1.82, 2.24) is 34.3 Å². The lowest BCUT2D eigenvalue weighted by Crippen LogP contribution is -2.33. The monoisotopic (exact) mass is 366 g/mol. The van der Waals surface area contributed by atoms with Crippen molar-refractivity contribution < 1.29 is 0 Å². The van der Waals surface area contributed by atoms with Crippen LogP contribution < -0.4 is 4.90 Å². The van der Waals surface area contributed by atoms with Crippen molar-refractivity contribution in [2.24, 2.45) is 7.05 Å². The van der Waals surface area contributed by atoms with Crippen molar-refractivity contribution in [2.45, 2.75) is 38.1 Å². The van der Waals surface area contributed by atoms with E-state index in [4.69, 9.17) is 5.10 Å². The molecule has 0 unspecified atom stereocenters. The normalized spacial score (nSPS) is 19.4. The van der Waals surface area contributed by atoms with Crippen molar-refractivity contribution >= 4 is 11.5 Å². The third-order valence-electron chi connectivity index (χ3n) is 5.80. The van der Waals surface area contributed by atoms with Gasteiger partial charge < -0.3 is 9.47 Å². The molecule has 0 N–H and O–H groups in total. The molecule has 3 aromatic heterocycles. The summed E-state index contributed by atoms with van der Waals surface area (Å²) in [7, 11) is 2.02. The highest BCUT2D eigenvalue weighted by atomic mass is 15.4. The summed E-state index contributed by atoms with van der Waals surface area (Å²) in [5.41, 5.74) is 1.99. The number of nitrogens with zero attached hydrogens (tertiary/aromatic N) is 8. The molecule has 0 radical (unpaired) electrons. The lowest BCUT2D eigenvalue weighted by Gasteiger charge is -2.30. The summed E-state index contributed by atoms with van der Waals surface area (Å²) in [5.74, 6) is 2.48. The Labute approximate surface area is 158 Å². The van der Waals surface area contributed by atoms with Crippen molar-refractivity contribution in [3.8, 4) is 0 Å². The highest BCUT2D eigenvalue weighted by molar-refractivity contribution is 5.46. The minimum absolute atomic E-state index is 0.418. The number of hydrogen-bond donors (Lipinski definition) is 0. The van der Waals surface area contributed by atoms with Crippen LogP contribution in [-0.4, -0.2) is 60.4 Å². The van der Waals surface area contributed by atoms with E-state index in [1.165, 1.54) is 12.8 Å². The van der Waals surface area contributed by atoms with E-state index in [1.807, 2.05) is 28.5 Å². The summed E-state index contributed by atoms with van der Waals surface area (Å²) >= 11 is 0. The van der Waals surface area contributed by atoms with Gasteiger partial charge in [-0.2, -0.15) is 4.52 Å². The first-order valence-electron chi connectivity index (χ1n) is 9.93. The Morgan fingerprint density at radius 1 is 1.04 bits per heavy atom. The second-order valence-corrected chi connectivity index (χ2v) is 7.79. The second-order valence-electron chi connectivity index (χ2n) is 7.79. The first kappa shape index (κ1) is 16.7. The number of anilines is 1. The van der Waals surface area contributed by atoms with E-state index in [0.717, 1.165) is 68.5 Å². The van der Waals surface area contributed by atoms with E-state index in [0.29, 0.717) is 5.92 Å². The largest absolute Gasteiger partial charge is 0.355 e. The number of piperidine rings is 1. The van der Waals surface area contributed by atoms with Gasteiger partial charge in [-0.1, -0.05) is 0 Å². The molecule has 0 spiro atoms. The summed E-state index contributed by atoms with van der Waals surface area (Å²) in [6.45, 7) is 5.24. The Morgan fingerprint density at radius 2 is 1.85 bits per heavy atom. The Bertz CT molecular complexity index is 915. The average Bonchev–Trinajstić information content (AvgIpc) is 3.43. The zero-order valence-corrected chi connectivity index (χ0v) is 15.8. The maximum atomic E-state index is 4.87. The fourth-order valence-corrected chi connectivity index (χ4v) is 4.29. The van der Waals surface area contributed by atoms with Gasteiger partial charge in [0.2, 0.25) is 0 Å². The third-order valence-corrected chi connectivity index (χ3v) is 5.80. The molecule has 2 fully saturated rings. The molecule has 2 aliphatic rings.